The summed E-state index contributed by atoms with van der Waals surface area (Å²) in [6, 6.07) is 6.72. The van der Waals surface area contributed by atoms with Gasteiger partial charge in [0.2, 0.25) is 5.91 Å². The highest BCUT2D eigenvalue weighted by Gasteiger charge is 2.19. The maximum atomic E-state index is 12.6. The zero-order valence-electron chi connectivity index (χ0n) is 17.3. The number of imidazole rings is 1. The van der Waals surface area contributed by atoms with Gasteiger partial charge in [0.05, 0.1) is 5.75 Å². The molecule has 2 aromatic heterocycles. The maximum Gasteiger partial charge on any atom is 0.332 e. The van der Waals surface area contributed by atoms with Crippen molar-refractivity contribution in [1.82, 2.24) is 18.7 Å². The van der Waals surface area contributed by atoms with Crippen LogP contribution in [0.25, 0.3) is 11.2 Å². The van der Waals surface area contributed by atoms with Crippen LogP contribution in [0, 0.1) is 0 Å². The monoisotopic (exact) mass is 429 g/mol. The van der Waals surface area contributed by atoms with Gasteiger partial charge in [0.1, 0.15) is 0 Å². The second kappa shape index (κ2) is 8.70. The van der Waals surface area contributed by atoms with Crippen LogP contribution in [0.5, 0.6) is 0 Å². The van der Waals surface area contributed by atoms with E-state index in [1.807, 2.05) is 6.92 Å². The van der Waals surface area contributed by atoms with E-state index >= 15 is 0 Å². The molecule has 1 N–H and O–H groups in total. The molecule has 0 atom stereocenters. The summed E-state index contributed by atoms with van der Waals surface area (Å²) in [5.41, 5.74) is 0.834. The molecule has 0 unspecified atom stereocenters. The van der Waals surface area contributed by atoms with Crippen LogP contribution in [0.4, 0.5) is 5.69 Å². The predicted molar refractivity (Wildman–Crippen MR) is 116 cm³/mol. The van der Waals surface area contributed by atoms with Gasteiger partial charge >= 0.3 is 5.69 Å². The minimum absolute atomic E-state index is 0.0611. The van der Waals surface area contributed by atoms with Crippen LogP contribution in [0.15, 0.2) is 39.0 Å². The van der Waals surface area contributed by atoms with E-state index in [-0.39, 0.29) is 17.4 Å². The first-order valence-electron chi connectivity index (χ1n) is 9.44. The average Bonchev–Trinajstić information content (AvgIpc) is 3.08. The number of anilines is 1. The number of fused-ring (bicyclic) bond motifs is 1. The highest BCUT2D eigenvalue weighted by Crippen LogP contribution is 2.22. The minimum atomic E-state index is -0.451. The molecule has 1 amide bonds. The molecule has 0 aliphatic rings. The van der Waals surface area contributed by atoms with Gasteiger partial charge in [0.15, 0.2) is 22.1 Å². The number of aromatic nitrogens is 4. The molecule has 0 saturated carbocycles. The third kappa shape index (κ3) is 4.09. The Bertz CT molecular complexity index is 1250. The summed E-state index contributed by atoms with van der Waals surface area (Å²) in [5, 5.41) is 3.26. The zero-order chi connectivity index (χ0) is 22.0. The third-order valence-corrected chi connectivity index (χ3v) is 5.62. The van der Waals surface area contributed by atoms with Crippen LogP contribution >= 0.6 is 11.8 Å². The van der Waals surface area contributed by atoms with Crippen molar-refractivity contribution in [3.63, 3.8) is 0 Å². The number of thioether (sulfide) groups is 1. The van der Waals surface area contributed by atoms with E-state index in [9.17, 15) is 19.2 Å². The summed E-state index contributed by atoms with van der Waals surface area (Å²) in [4.78, 5) is 53.2. The van der Waals surface area contributed by atoms with Crippen LogP contribution in [-0.2, 0) is 25.4 Å². The number of nitrogens with one attached hydrogen (secondary N) is 1. The number of benzene rings is 1. The number of rotatable bonds is 7. The molecule has 2 heterocycles. The molecule has 10 heteroatoms. The fraction of sp³-hybridized carbons (Fsp3) is 0.350. The molecule has 3 rings (SSSR count). The first-order valence-corrected chi connectivity index (χ1v) is 10.4. The van der Waals surface area contributed by atoms with Gasteiger partial charge < -0.3 is 9.88 Å². The molecule has 30 heavy (non-hydrogen) atoms. The Morgan fingerprint density at radius 3 is 2.57 bits per heavy atom. The van der Waals surface area contributed by atoms with Crippen molar-refractivity contribution in [2.45, 2.75) is 32.0 Å². The quantitative estimate of drug-likeness (QED) is 0.453. The molecule has 158 valence electrons. The van der Waals surface area contributed by atoms with Crippen LogP contribution in [0.1, 0.15) is 30.6 Å². The van der Waals surface area contributed by atoms with E-state index in [0.717, 1.165) is 11.0 Å². The Hall–Kier alpha value is -3.14. The van der Waals surface area contributed by atoms with Crippen LogP contribution in [0.2, 0.25) is 0 Å². The lowest BCUT2D eigenvalue weighted by molar-refractivity contribution is -0.113. The van der Waals surface area contributed by atoms with Gasteiger partial charge in [-0.3, -0.25) is 23.5 Å². The molecule has 0 saturated heterocycles. The molecule has 0 radical (unpaired) electrons. The molecule has 0 fully saturated rings. The first kappa shape index (κ1) is 21.6. The second-order valence-corrected chi connectivity index (χ2v) is 7.84. The summed E-state index contributed by atoms with van der Waals surface area (Å²) in [5.74, 6) is -0.287. The second-order valence-electron chi connectivity index (χ2n) is 6.90. The number of hydrogen-bond acceptors (Lipinski definition) is 6. The van der Waals surface area contributed by atoms with E-state index in [1.54, 1.807) is 35.9 Å². The highest BCUT2D eigenvalue weighted by atomic mass is 32.2. The predicted octanol–water partition coefficient (Wildman–Crippen LogP) is 1.78. The van der Waals surface area contributed by atoms with Gasteiger partial charge in [0, 0.05) is 31.9 Å². The van der Waals surface area contributed by atoms with Gasteiger partial charge in [-0.25, -0.2) is 9.78 Å². The van der Waals surface area contributed by atoms with E-state index in [2.05, 4.69) is 10.3 Å². The van der Waals surface area contributed by atoms with Gasteiger partial charge in [-0.1, -0.05) is 30.8 Å². The van der Waals surface area contributed by atoms with E-state index in [4.69, 9.17) is 0 Å². The molecule has 0 bridgehead atoms. The summed E-state index contributed by atoms with van der Waals surface area (Å²) >= 11 is 1.19. The third-order valence-electron chi connectivity index (χ3n) is 4.65. The SMILES string of the molecule is CCCn1c(SCC(=O)Nc2cccc(C(C)=O)c2)nc2c1c(=O)n(C)c(=O)n2C. The van der Waals surface area contributed by atoms with Crippen LogP contribution in [0.3, 0.4) is 0 Å². The number of carbonyl (C=O) groups is 2. The smallest absolute Gasteiger partial charge is 0.325 e. The standard InChI is InChI=1S/C20H23N5O4S/c1-5-9-25-16-17(23(3)20(29)24(4)18(16)28)22-19(25)30-11-15(27)21-14-8-6-7-13(10-14)12(2)26/h6-8,10H,5,9,11H2,1-4H3,(H,21,27). The Morgan fingerprint density at radius 1 is 1.17 bits per heavy atom. The molecular formula is C20H23N5O4S. The Morgan fingerprint density at radius 2 is 1.90 bits per heavy atom. The number of nitrogens with zero attached hydrogens (tertiary/aromatic N) is 4. The van der Waals surface area contributed by atoms with E-state index < -0.39 is 11.2 Å². The number of carbonyl (C=O) groups excluding carboxylic acids is 2. The lowest BCUT2D eigenvalue weighted by Gasteiger charge is -2.08. The number of amides is 1. The van der Waals surface area contributed by atoms with Crippen LogP contribution < -0.4 is 16.6 Å². The normalized spacial score (nSPS) is 11.1. The van der Waals surface area contributed by atoms with Gasteiger partial charge in [0.25, 0.3) is 5.56 Å². The van der Waals surface area contributed by atoms with E-state index in [1.165, 1.54) is 30.3 Å². The molecule has 0 aliphatic carbocycles. The summed E-state index contributed by atoms with van der Waals surface area (Å²) < 4.78 is 4.14. The first-order chi connectivity index (χ1) is 14.2. The molecule has 1 aromatic carbocycles. The summed E-state index contributed by atoms with van der Waals surface area (Å²) in [7, 11) is 3.00. The Labute approximate surface area is 176 Å². The largest absolute Gasteiger partial charge is 0.332 e. The molecular weight excluding hydrogens is 406 g/mol. The Balaban J connectivity index is 1.87. The van der Waals surface area contributed by atoms with E-state index in [0.29, 0.717) is 34.1 Å². The summed E-state index contributed by atoms with van der Waals surface area (Å²) in [6.45, 7) is 3.97. The number of hydrogen-bond donors (Lipinski definition) is 1. The topological polar surface area (TPSA) is 108 Å². The van der Waals surface area contributed by atoms with Crippen molar-refractivity contribution in [2.75, 3.05) is 11.1 Å². The van der Waals surface area contributed by atoms with Crippen LogP contribution in [-0.4, -0.2) is 36.1 Å². The maximum absolute atomic E-state index is 12.6. The van der Waals surface area contributed by atoms with Crippen molar-refractivity contribution in [3.05, 3.63) is 50.7 Å². The highest BCUT2D eigenvalue weighted by molar-refractivity contribution is 7.99. The summed E-state index contributed by atoms with van der Waals surface area (Å²) in [6.07, 6.45) is 0.759. The van der Waals surface area contributed by atoms with Crippen molar-refractivity contribution >= 4 is 40.3 Å². The fourth-order valence-corrected chi connectivity index (χ4v) is 3.93. The van der Waals surface area contributed by atoms with Crippen molar-refractivity contribution in [1.29, 1.82) is 0 Å². The minimum Gasteiger partial charge on any atom is -0.325 e. The molecule has 0 spiro atoms. The molecule has 3 aromatic rings. The number of Topliss-reactive ketones (excluding diaryl/α,β-unsaturated/α-hetero) is 1. The molecule has 0 aliphatic heterocycles. The zero-order valence-corrected chi connectivity index (χ0v) is 18.1. The average molecular weight is 430 g/mol. The number of aryl methyl sites for hydroxylation is 2. The molecule has 9 nitrogen and oxygen atoms in total. The number of ketones is 1. The van der Waals surface area contributed by atoms with Crippen molar-refractivity contribution in [2.24, 2.45) is 14.1 Å². The fourth-order valence-electron chi connectivity index (χ4n) is 3.11. The Kier molecular flexibility index (Phi) is 6.25. The van der Waals surface area contributed by atoms with Crippen molar-refractivity contribution < 1.29 is 9.59 Å². The van der Waals surface area contributed by atoms with Gasteiger partial charge in [-0.15, -0.1) is 0 Å². The van der Waals surface area contributed by atoms with Crippen molar-refractivity contribution in [3.8, 4) is 0 Å². The lowest BCUT2D eigenvalue weighted by Crippen LogP contribution is -2.37. The van der Waals surface area contributed by atoms with Gasteiger partial charge in [-0.05, 0) is 25.5 Å². The lowest BCUT2D eigenvalue weighted by atomic mass is 10.1. The van der Waals surface area contributed by atoms with Gasteiger partial charge in [-0.2, -0.15) is 0 Å².